The van der Waals surface area contributed by atoms with Gasteiger partial charge in [0.15, 0.2) is 0 Å². The first kappa shape index (κ1) is 16.9. The molecule has 0 aliphatic carbocycles. The molecule has 112 valence electrons. The van der Waals surface area contributed by atoms with Crippen molar-refractivity contribution in [2.75, 3.05) is 24.7 Å². The van der Waals surface area contributed by atoms with Gasteiger partial charge in [-0.05, 0) is 33.1 Å². The van der Waals surface area contributed by atoms with Crippen LogP contribution in [0.3, 0.4) is 0 Å². The minimum absolute atomic E-state index is 0.0299. The van der Waals surface area contributed by atoms with Gasteiger partial charge >= 0.3 is 6.03 Å². The molecule has 0 aliphatic rings. The summed E-state index contributed by atoms with van der Waals surface area (Å²) in [7, 11) is 0. The molecular formula is C15H24N2O2S. The number of urea groups is 1. The molecule has 0 saturated heterocycles. The van der Waals surface area contributed by atoms with Crippen LogP contribution in [0.4, 0.5) is 10.5 Å². The topological polar surface area (TPSA) is 50.4 Å². The fraction of sp³-hybridized carbons (Fsp3) is 0.533. The molecule has 0 radical (unpaired) electrons. The zero-order valence-electron chi connectivity index (χ0n) is 12.7. The van der Waals surface area contributed by atoms with E-state index in [2.05, 4.69) is 24.5 Å². The van der Waals surface area contributed by atoms with Crippen molar-refractivity contribution in [2.24, 2.45) is 0 Å². The highest BCUT2D eigenvalue weighted by Gasteiger charge is 2.17. The lowest BCUT2D eigenvalue weighted by molar-refractivity contribution is 0.134. The average Bonchev–Trinajstić information content (AvgIpc) is 2.44. The third-order valence-corrected chi connectivity index (χ3v) is 4.20. The number of hydrogen-bond donors (Lipinski definition) is 2. The summed E-state index contributed by atoms with van der Waals surface area (Å²) in [6.45, 7) is 7.93. The molecule has 1 rings (SSSR count). The van der Waals surface area contributed by atoms with Crippen LogP contribution in [0.15, 0.2) is 24.3 Å². The fourth-order valence-corrected chi connectivity index (χ4v) is 1.73. The standard InChI is InChI=1S/C15H24N2O2S/c1-5-19-10-12-8-6-7-9-13(12)17-14(18)16-11-15(2,3)20-4/h6-9H,5,10-11H2,1-4H3,(H2,16,17,18). The molecule has 1 aromatic carbocycles. The van der Waals surface area contributed by atoms with Crippen molar-refractivity contribution >= 4 is 23.5 Å². The Kier molecular flexibility index (Phi) is 6.88. The number of thioether (sulfide) groups is 1. The molecule has 20 heavy (non-hydrogen) atoms. The number of carbonyl (C=O) groups is 1. The van der Waals surface area contributed by atoms with E-state index in [1.165, 1.54) is 0 Å². The molecule has 0 atom stereocenters. The molecule has 1 aromatic rings. The summed E-state index contributed by atoms with van der Waals surface area (Å²) < 4.78 is 5.43. The van der Waals surface area contributed by atoms with Crippen molar-refractivity contribution < 1.29 is 9.53 Å². The second-order valence-corrected chi connectivity index (χ2v) is 6.58. The number of hydrogen-bond acceptors (Lipinski definition) is 3. The molecule has 2 N–H and O–H groups in total. The number of para-hydroxylation sites is 1. The van der Waals surface area contributed by atoms with Crippen LogP contribution in [0.1, 0.15) is 26.3 Å². The molecule has 2 amide bonds. The Bertz CT molecular complexity index is 436. The maximum Gasteiger partial charge on any atom is 0.319 e. The molecule has 0 aliphatic heterocycles. The maximum absolute atomic E-state index is 11.9. The summed E-state index contributed by atoms with van der Waals surface area (Å²) >= 11 is 1.73. The van der Waals surface area contributed by atoms with E-state index in [4.69, 9.17) is 4.74 Å². The van der Waals surface area contributed by atoms with Crippen LogP contribution in [0, 0.1) is 0 Å². The fourth-order valence-electron chi connectivity index (χ4n) is 1.51. The van der Waals surface area contributed by atoms with Crippen LogP contribution in [-0.4, -0.2) is 30.2 Å². The zero-order valence-corrected chi connectivity index (χ0v) is 13.5. The van der Waals surface area contributed by atoms with Gasteiger partial charge in [-0.2, -0.15) is 11.8 Å². The largest absolute Gasteiger partial charge is 0.377 e. The van der Waals surface area contributed by atoms with Gasteiger partial charge in [0.05, 0.1) is 6.61 Å². The van der Waals surface area contributed by atoms with E-state index in [0.29, 0.717) is 19.8 Å². The van der Waals surface area contributed by atoms with Crippen LogP contribution in [0.5, 0.6) is 0 Å². The summed E-state index contributed by atoms with van der Waals surface area (Å²) in [6, 6.07) is 7.49. The van der Waals surface area contributed by atoms with Crippen LogP contribution in [-0.2, 0) is 11.3 Å². The maximum atomic E-state index is 11.9. The van der Waals surface area contributed by atoms with Crippen molar-refractivity contribution in [2.45, 2.75) is 32.1 Å². The van der Waals surface area contributed by atoms with Gasteiger partial charge in [-0.25, -0.2) is 4.79 Å². The van der Waals surface area contributed by atoms with E-state index >= 15 is 0 Å². The van der Waals surface area contributed by atoms with Crippen LogP contribution in [0.2, 0.25) is 0 Å². The lowest BCUT2D eigenvalue weighted by Crippen LogP contribution is -2.38. The Morgan fingerprint density at radius 1 is 1.35 bits per heavy atom. The van der Waals surface area contributed by atoms with Gasteiger partial charge < -0.3 is 15.4 Å². The average molecular weight is 296 g/mol. The quantitative estimate of drug-likeness (QED) is 0.810. The van der Waals surface area contributed by atoms with Gasteiger partial charge in [0, 0.05) is 29.1 Å². The molecule has 4 nitrogen and oxygen atoms in total. The van der Waals surface area contributed by atoms with Crippen LogP contribution in [0.25, 0.3) is 0 Å². The summed E-state index contributed by atoms with van der Waals surface area (Å²) in [5.74, 6) is 0. The van der Waals surface area contributed by atoms with Gasteiger partial charge in [-0.1, -0.05) is 18.2 Å². The minimum Gasteiger partial charge on any atom is -0.377 e. The molecule has 0 spiro atoms. The molecule has 0 fully saturated rings. The Labute approximate surface area is 125 Å². The number of anilines is 1. The normalized spacial score (nSPS) is 11.2. The van der Waals surface area contributed by atoms with Gasteiger partial charge in [-0.15, -0.1) is 0 Å². The predicted octanol–water partition coefficient (Wildman–Crippen LogP) is 3.49. The van der Waals surface area contributed by atoms with Crippen molar-refractivity contribution in [1.82, 2.24) is 5.32 Å². The molecular weight excluding hydrogens is 272 g/mol. The molecule has 0 bridgehead atoms. The lowest BCUT2D eigenvalue weighted by atomic mass is 10.2. The highest BCUT2D eigenvalue weighted by molar-refractivity contribution is 7.99. The van der Waals surface area contributed by atoms with Crippen molar-refractivity contribution in [3.63, 3.8) is 0 Å². The highest BCUT2D eigenvalue weighted by atomic mass is 32.2. The van der Waals surface area contributed by atoms with Crippen LogP contribution < -0.4 is 10.6 Å². The van der Waals surface area contributed by atoms with E-state index in [0.717, 1.165) is 11.3 Å². The van der Waals surface area contributed by atoms with Crippen molar-refractivity contribution in [3.05, 3.63) is 29.8 Å². The van der Waals surface area contributed by atoms with E-state index in [9.17, 15) is 4.79 Å². The molecule has 5 heteroatoms. The zero-order chi connectivity index (χ0) is 15.0. The Balaban J connectivity index is 2.57. The monoisotopic (exact) mass is 296 g/mol. The number of nitrogens with one attached hydrogen (secondary N) is 2. The Hall–Kier alpha value is -1.20. The first-order valence-electron chi connectivity index (χ1n) is 6.74. The molecule has 0 saturated carbocycles. The Morgan fingerprint density at radius 2 is 2.05 bits per heavy atom. The second kappa shape index (κ2) is 8.17. The van der Waals surface area contributed by atoms with Gasteiger partial charge in [0.1, 0.15) is 0 Å². The minimum atomic E-state index is -0.184. The van der Waals surface area contributed by atoms with Gasteiger partial charge in [0.2, 0.25) is 0 Å². The molecule has 0 heterocycles. The first-order valence-corrected chi connectivity index (χ1v) is 7.96. The van der Waals surface area contributed by atoms with E-state index in [1.807, 2.05) is 37.4 Å². The summed E-state index contributed by atoms with van der Waals surface area (Å²) in [5.41, 5.74) is 1.77. The van der Waals surface area contributed by atoms with Gasteiger partial charge in [-0.3, -0.25) is 0 Å². The van der Waals surface area contributed by atoms with E-state index < -0.39 is 0 Å². The highest BCUT2D eigenvalue weighted by Crippen LogP contribution is 2.20. The van der Waals surface area contributed by atoms with E-state index in [1.54, 1.807) is 11.8 Å². The summed E-state index contributed by atoms with van der Waals surface area (Å²) in [5, 5.41) is 5.77. The van der Waals surface area contributed by atoms with Crippen LogP contribution >= 0.6 is 11.8 Å². The lowest BCUT2D eigenvalue weighted by Gasteiger charge is -2.22. The van der Waals surface area contributed by atoms with E-state index in [-0.39, 0.29) is 10.8 Å². The number of amides is 2. The summed E-state index contributed by atoms with van der Waals surface area (Å²) in [4.78, 5) is 11.9. The third kappa shape index (κ3) is 5.84. The van der Waals surface area contributed by atoms with Crippen molar-refractivity contribution in [3.8, 4) is 0 Å². The van der Waals surface area contributed by atoms with Gasteiger partial charge in [0.25, 0.3) is 0 Å². The first-order chi connectivity index (χ1) is 9.48. The predicted molar refractivity (Wildman–Crippen MR) is 86.4 cm³/mol. The second-order valence-electron chi connectivity index (χ2n) is 5.07. The number of carbonyl (C=O) groups excluding carboxylic acids is 1. The SMILES string of the molecule is CCOCc1ccccc1NC(=O)NCC(C)(C)SC. The number of rotatable bonds is 7. The smallest absolute Gasteiger partial charge is 0.319 e. The number of benzene rings is 1. The third-order valence-electron chi connectivity index (χ3n) is 2.95. The number of ether oxygens (including phenoxy) is 1. The van der Waals surface area contributed by atoms with Crippen molar-refractivity contribution in [1.29, 1.82) is 0 Å². The molecule has 0 aromatic heterocycles. The summed E-state index contributed by atoms with van der Waals surface area (Å²) in [6.07, 6.45) is 2.04. The molecule has 0 unspecified atom stereocenters. The Morgan fingerprint density at radius 3 is 2.70 bits per heavy atom.